The summed E-state index contributed by atoms with van der Waals surface area (Å²) in [6.07, 6.45) is -0.850. The summed E-state index contributed by atoms with van der Waals surface area (Å²) < 4.78 is 0. The molecule has 5 unspecified atom stereocenters. The number of aliphatic hydroxyl groups excluding tert-OH is 1. The molecule has 1 aromatic carbocycles. The maximum Gasteiger partial charge on any atom is 0.326 e. The van der Waals surface area contributed by atoms with E-state index in [0.717, 1.165) is 0 Å². The van der Waals surface area contributed by atoms with E-state index in [1.165, 1.54) is 6.92 Å². The van der Waals surface area contributed by atoms with Crippen molar-refractivity contribution in [2.75, 3.05) is 0 Å². The maximum absolute atomic E-state index is 12.9. The molecule has 0 aromatic heterocycles. The monoisotopic (exact) mass is 478 g/mol. The van der Waals surface area contributed by atoms with Gasteiger partial charge in [-0.3, -0.25) is 14.4 Å². The molecule has 0 aliphatic carbocycles. The number of rotatable bonds is 13. The van der Waals surface area contributed by atoms with E-state index >= 15 is 0 Å². The molecule has 10 nitrogen and oxygen atoms in total. The van der Waals surface area contributed by atoms with Gasteiger partial charge in [-0.25, -0.2) is 4.79 Å². The summed E-state index contributed by atoms with van der Waals surface area (Å²) in [6, 6.07) is 4.28. The summed E-state index contributed by atoms with van der Waals surface area (Å²) in [6.45, 7) is 8.59. The predicted molar refractivity (Wildman–Crippen MR) is 128 cm³/mol. The minimum Gasteiger partial charge on any atom is -0.480 e. The summed E-state index contributed by atoms with van der Waals surface area (Å²) in [7, 11) is 0. The minimum absolute atomic E-state index is 0.0286. The Kier molecular flexibility index (Phi) is 11.7. The van der Waals surface area contributed by atoms with E-state index in [1.54, 1.807) is 44.2 Å². The third kappa shape index (κ3) is 9.48. The molecule has 1 rings (SSSR count). The fraction of sp³-hybridized carbons (Fsp3) is 0.583. The molecule has 3 amide bonds. The van der Waals surface area contributed by atoms with Gasteiger partial charge in [0.05, 0.1) is 12.1 Å². The van der Waals surface area contributed by atoms with E-state index in [-0.39, 0.29) is 18.3 Å². The van der Waals surface area contributed by atoms with Gasteiger partial charge in [0.2, 0.25) is 17.7 Å². The molecule has 5 atom stereocenters. The number of aliphatic hydroxyl groups is 1. The van der Waals surface area contributed by atoms with Crippen molar-refractivity contribution in [3.05, 3.63) is 35.9 Å². The van der Waals surface area contributed by atoms with Crippen LogP contribution in [0.1, 0.15) is 46.6 Å². The minimum atomic E-state index is -1.42. The summed E-state index contributed by atoms with van der Waals surface area (Å²) in [5.41, 5.74) is 6.61. The van der Waals surface area contributed by atoms with Gasteiger partial charge in [0.25, 0.3) is 0 Å². The third-order valence-corrected chi connectivity index (χ3v) is 5.27. The summed E-state index contributed by atoms with van der Waals surface area (Å²) in [4.78, 5) is 49.9. The fourth-order valence-corrected chi connectivity index (χ4v) is 3.37. The maximum atomic E-state index is 12.9. The van der Waals surface area contributed by atoms with Crippen LogP contribution in [0, 0.1) is 11.8 Å². The van der Waals surface area contributed by atoms with E-state index in [0.29, 0.717) is 12.0 Å². The lowest BCUT2D eigenvalue weighted by molar-refractivity contribution is -0.143. The number of aliphatic carboxylic acids is 1. The van der Waals surface area contributed by atoms with Crippen LogP contribution >= 0.6 is 0 Å². The molecular formula is C24H38N4O6. The second-order valence-corrected chi connectivity index (χ2v) is 9.28. The lowest BCUT2D eigenvalue weighted by Crippen LogP contribution is -2.61. The van der Waals surface area contributed by atoms with E-state index in [4.69, 9.17) is 5.73 Å². The molecule has 0 fully saturated rings. The van der Waals surface area contributed by atoms with Gasteiger partial charge in [-0.15, -0.1) is 0 Å². The highest BCUT2D eigenvalue weighted by Crippen LogP contribution is 2.08. The smallest absolute Gasteiger partial charge is 0.326 e. The van der Waals surface area contributed by atoms with Gasteiger partial charge in [0, 0.05) is 6.42 Å². The standard InChI is InChI=1S/C24H38N4O6/c1-13(2)11-17(25)21(30)27-19(14(3)4)22(31)28-20(15(5)29)23(32)26-18(24(33)34)12-16-9-7-6-8-10-16/h6-10,13-15,17-20,29H,11-12,25H2,1-5H3,(H,26,32)(H,27,30)(H,28,31)(H,33,34). The van der Waals surface area contributed by atoms with Crippen molar-refractivity contribution >= 4 is 23.7 Å². The molecule has 0 spiro atoms. The van der Waals surface area contributed by atoms with Crippen molar-refractivity contribution in [3.8, 4) is 0 Å². The van der Waals surface area contributed by atoms with Gasteiger partial charge < -0.3 is 31.9 Å². The second-order valence-electron chi connectivity index (χ2n) is 9.28. The molecular weight excluding hydrogens is 440 g/mol. The van der Waals surface area contributed by atoms with Crippen LogP contribution in [-0.4, -0.2) is 64.2 Å². The van der Waals surface area contributed by atoms with Crippen LogP contribution in [0.3, 0.4) is 0 Å². The van der Waals surface area contributed by atoms with Crippen LogP contribution in [0.25, 0.3) is 0 Å². The van der Waals surface area contributed by atoms with Crippen LogP contribution in [0.15, 0.2) is 30.3 Å². The van der Waals surface area contributed by atoms with Crippen molar-refractivity contribution < 1.29 is 29.4 Å². The Labute approximate surface area is 200 Å². The number of amides is 3. The van der Waals surface area contributed by atoms with Gasteiger partial charge in [0.15, 0.2) is 0 Å². The Bertz CT molecular complexity index is 828. The topological polar surface area (TPSA) is 171 Å². The molecule has 0 saturated carbocycles. The zero-order valence-electron chi connectivity index (χ0n) is 20.4. The van der Waals surface area contributed by atoms with Crippen LogP contribution < -0.4 is 21.7 Å². The highest BCUT2D eigenvalue weighted by atomic mass is 16.4. The molecule has 7 N–H and O–H groups in total. The largest absolute Gasteiger partial charge is 0.480 e. The second kappa shape index (κ2) is 13.7. The summed E-state index contributed by atoms with van der Waals surface area (Å²) in [5, 5.41) is 27.1. The predicted octanol–water partition coefficient (Wildman–Crippen LogP) is 0.178. The first-order valence-electron chi connectivity index (χ1n) is 11.4. The fourth-order valence-electron chi connectivity index (χ4n) is 3.37. The highest BCUT2D eigenvalue weighted by molar-refractivity contribution is 5.94. The number of hydrogen-bond acceptors (Lipinski definition) is 6. The van der Waals surface area contributed by atoms with E-state index in [1.807, 2.05) is 13.8 Å². The molecule has 0 saturated heterocycles. The molecule has 0 aliphatic heterocycles. The SMILES string of the molecule is CC(C)CC(N)C(=O)NC(C(=O)NC(C(=O)NC(Cc1ccccc1)C(=O)O)C(C)O)C(C)C. The first-order valence-corrected chi connectivity index (χ1v) is 11.4. The summed E-state index contributed by atoms with van der Waals surface area (Å²) in [5.74, 6) is -3.42. The van der Waals surface area contributed by atoms with E-state index in [2.05, 4.69) is 16.0 Å². The molecule has 0 radical (unpaired) electrons. The van der Waals surface area contributed by atoms with Crippen molar-refractivity contribution in [1.29, 1.82) is 0 Å². The van der Waals surface area contributed by atoms with Gasteiger partial charge in [-0.1, -0.05) is 58.0 Å². The molecule has 190 valence electrons. The number of nitrogens with two attached hydrogens (primary N) is 1. The first-order chi connectivity index (χ1) is 15.8. The van der Waals surface area contributed by atoms with Crippen molar-refractivity contribution in [3.63, 3.8) is 0 Å². The number of carbonyl (C=O) groups excluding carboxylic acids is 3. The van der Waals surface area contributed by atoms with Gasteiger partial charge >= 0.3 is 5.97 Å². The molecule has 10 heteroatoms. The number of carbonyl (C=O) groups is 4. The number of nitrogens with one attached hydrogen (secondary N) is 3. The number of carboxylic acid groups (broad SMARTS) is 1. The molecule has 0 aliphatic rings. The number of benzene rings is 1. The Morgan fingerprint density at radius 3 is 1.85 bits per heavy atom. The lowest BCUT2D eigenvalue weighted by Gasteiger charge is -2.28. The first kappa shape index (κ1) is 29.1. The van der Waals surface area contributed by atoms with Crippen molar-refractivity contribution in [1.82, 2.24) is 16.0 Å². The van der Waals surface area contributed by atoms with Crippen LogP contribution in [0.4, 0.5) is 0 Å². The quantitative estimate of drug-likeness (QED) is 0.235. The third-order valence-electron chi connectivity index (χ3n) is 5.27. The molecule has 1 aromatic rings. The van der Waals surface area contributed by atoms with Gasteiger partial charge in [-0.2, -0.15) is 0 Å². The number of hydrogen-bond donors (Lipinski definition) is 6. The van der Waals surface area contributed by atoms with Crippen LogP contribution in [-0.2, 0) is 25.6 Å². The Morgan fingerprint density at radius 2 is 1.38 bits per heavy atom. The molecule has 34 heavy (non-hydrogen) atoms. The van der Waals surface area contributed by atoms with Crippen LogP contribution in [0.5, 0.6) is 0 Å². The summed E-state index contributed by atoms with van der Waals surface area (Å²) >= 11 is 0. The highest BCUT2D eigenvalue weighted by Gasteiger charge is 2.33. The van der Waals surface area contributed by atoms with Crippen LogP contribution in [0.2, 0.25) is 0 Å². The van der Waals surface area contributed by atoms with Crippen molar-refractivity contribution in [2.24, 2.45) is 17.6 Å². The lowest BCUT2D eigenvalue weighted by atomic mass is 9.99. The molecule has 0 bridgehead atoms. The van der Waals surface area contributed by atoms with Gasteiger partial charge in [0.1, 0.15) is 18.1 Å². The zero-order valence-corrected chi connectivity index (χ0v) is 20.4. The average molecular weight is 479 g/mol. The van der Waals surface area contributed by atoms with Gasteiger partial charge in [-0.05, 0) is 30.7 Å². The van der Waals surface area contributed by atoms with Crippen molar-refractivity contribution in [2.45, 2.75) is 77.7 Å². The molecule has 0 heterocycles. The van der Waals surface area contributed by atoms with E-state index in [9.17, 15) is 29.4 Å². The normalized spacial score (nSPS) is 15.7. The number of carboxylic acids is 1. The zero-order chi connectivity index (χ0) is 26.0. The Balaban J connectivity index is 2.92. The van der Waals surface area contributed by atoms with E-state index < -0.39 is 54.0 Å². The average Bonchev–Trinajstić information content (AvgIpc) is 2.74. The Morgan fingerprint density at radius 1 is 0.853 bits per heavy atom. The Hall–Kier alpha value is -2.98.